The first-order valence-corrected chi connectivity index (χ1v) is 9.54. The highest BCUT2D eigenvalue weighted by Crippen LogP contribution is 2.41. The fraction of sp³-hybridized carbons (Fsp3) is 0.273. The van der Waals surface area contributed by atoms with Crippen molar-refractivity contribution in [3.8, 4) is 11.1 Å². The zero-order chi connectivity index (χ0) is 18.2. The Balaban J connectivity index is 1.38. The van der Waals surface area contributed by atoms with Gasteiger partial charge in [0.25, 0.3) is 0 Å². The molecule has 0 spiro atoms. The van der Waals surface area contributed by atoms with E-state index in [1.165, 1.54) is 24.0 Å². The van der Waals surface area contributed by atoms with Gasteiger partial charge < -0.3 is 10.2 Å². The van der Waals surface area contributed by atoms with Gasteiger partial charge in [-0.05, 0) is 42.0 Å². The van der Waals surface area contributed by atoms with E-state index >= 15 is 0 Å². The highest BCUT2D eigenvalue weighted by molar-refractivity contribution is 5.89. The molecule has 136 valence electrons. The molecule has 1 aliphatic carbocycles. The Morgan fingerprint density at radius 2 is 1.89 bits per heavy atom. The number of para-hydroxylation sites is 1. The lowest BCUT2D eigenvalue weighted by Gasteiger charge is -2.28. The van der Waals surface area contributed by atoms with Gasteiger partial charge in [-0.2, -0.15) is 5.10 Å². The van der Waals surface area contributed by atoms with Crippen LogP contribution in [0.3, 0.4) is 0 Å². The molecule has 3 aromatic rings. The minimum absolute atomic E-state index is 0.0636. The predicted octanol–water partition coefficient (Wildman–Crippen LogP) is 4.48. The minimum Gasteiger partial charge on any atom is -0.317 e. The zero-order valence-corrected chi connectivity index (χ0v) is 15.1. The molecular weight excluding hydrogens is 336 g/mol. The SMILES string of the molecule is O=C(Nc1ccccc1)N1CCn2ncc(-c3cccc(C4CC4)c3)c2C1. The normalized spacial score (nSPS) is 16.1. The first-order valence-electron chi connectivity index (χ1n) is 9.54. The molecule has 2 heterocycles. The van der Waals surface area contributed by atoms with Crippen molar-refractivity contribution in [1.82, 2.24) is 14.7 Å². The van der Waals surface area contributed by atoms with Gasteiger partial charge in [0.1, 0.15) is 0 Å². The number of anilines is 1. The maximum absolute atomic E-state index is 12.7. The van der Waals surface area contributed by atoms with E-state index in [2.05, 4.69) is 34.7 Å². The van der Waals surface area contributed by atoms with Crippen molar-refractivity contribution in [2.45, 2.75) is 31.8 Å². The van der Waals surface area contributed by atoms with Crippen LogP contribution < -0.4 is 5.32 Å². The van der Waals surface area contributed by atoms with E-state index in [9.17, 15) is 4.79 Å². The molecule has 2 amide bonds. The summed E-state index contributed by atoms with van der Waals surface area (Å²) in [6, 6.07) is 18.3. The predicted molar refractivity (Wildman–Crippen MR) is 106 cm³/mol. The minimum atomic E-state index is -0.0636. The first kappa shape index (κ1) is 16.1. The smallest absolute Gasteiger partial charge is 0.317 e. The lowest BCUT2D eigenvalue weighted by molar-refractivity contribution is 0.194. The van der Waals surface area contributed by atoms with E-state index in [0.717, 1.165) is 29.4 Å². The average molecular weight is 358 g/mol. The van der Waals surface area contributed by atoms with E-state index in [0.29, 0.717) is 13.1 Å². The van der Waals surface area contributed by atoms with Crippen molar-refractivity contribution in [3.63, 3.8) is 0 Å². The van der Waals surface area contributed by atoms with Gasteiger partial charge in [-0.1, -0.05) is 42.5 Å². The zero-order valence-electron chi connectivity index (χ0n) is 15.1. The van der Waals surface area contributed by atoms with Gasteiger partial charge in [0, 0.05) is 17.8 Å². The van der Waals surface area contributed by atoms with E-state index in [4.69, 9.17) is 0 Å². The van der Waals surface area contributed by atoms with Gasteiger partial charge in [-0.25, -0.2) is 4.79 Å². The number of fused-ring (bicyclic) bond motifs is 1. The standard InChI is InChI=1S/C22H22N4O/c27-22(24-19-7-2-1-3-8-19)25-11-12-26-21(15-25)20(14-23-26)18-6-4-5-17(13-18)16-9-10-16/h1-8,13-14,16H,9-12,15H2,(H,24,27). The van der Waals surface area contributed by atoms with Crippen LogP contribution in [0.15, 0.2) is 60.8 Å². The Hall–Kier alpha value is -3.08. The van der Waals surface area contributed by atoms with Gasteiger partial charge in [-0.15, -0.1) is 0 Å². The molecule has 0 atom stereocenters. The number of rotatable bonds is 3. The van der Waals surface area contributed by atoms with Gasteiger partial charge in [-0.3, -0.25) is 4.68 Å². The number of benzene rings is 2. The summed E-state index contributed by atoms with van der Waals surface area (Å²) in [5, 5.41) is 7.54. The summed E-state index contributed by atoms with van der Waals surface area (Å²) in [6.07, 6.45) is 4.53. The van der Waals surface area contributed by atoms with Crippen molar-refractivity contribution in [1.29, 1.82) is 0 Å². The highest BCUT2D eigenvalue weighted by Gasteiger charge is 2.26. The van der Waals surface area contributed by atoms with E-state index in [1.54, 1.807) is 0 Å². The van der Waals surface area contributed by atoms with E-state index < -0.39 is 0 Å². The Morgan fingerprint density at radius 3 is 2.70 bits per heavy atom. The van der Waals surface area contributed by atoms with Crippen molar-refractivity contribution >= 4 is 11.7 Å². The van der Waals surface area contributed by atoms with Crippen molar-refractivity contribution < 1.29 is 4.79 Å². The number of carbonyl (C=O) groups excluding carboxylic acids is 1. The third-order valence-electron chi connectivity index (χ3n) is 5.43. The van der Waals surface area contributed by atoms with Crippen LogP contribution in [0, 0.1) is 0 Å². The second kappa shape index (κ2) is 6.58. The lowest BCUT2D eigenvalue weighted by atomic mass is 10.0. The molecular formula is C22H22N4O. The van der Waals surface area contributed by atoms with Gasteiger partial charge in [0.2, 0.25) is 0 Å². The Morgan fingerprint density at radius 1 is 1.04 bits per heavy atom. The van der Waals surface area contributed by atoms with Crippen LogP contribution in [0.5, 0.6) is 0 Å². The maximum Gasteiger partial charge on any atom is 0.322 e. The molecule has 1 aromatic heterocycles. The molecule has 1 aliphatic heterocycles. The fourth-order valence-corrected chi connectivity index (χ4v) is 3.76. The number of aromatic nitrogens is 2. The summed E-state index contributed by atoms with van der Waals surface area (Å²) in [5.41, 5.74) is 5.68. The molecule has 1 saturated carbocycles. The first-order chi connectivity index (χ1) is 13.3. The molecule has 0 saturated heterocycles. The number of nitrogens with one attached hydrogen (secondary N) is 1. The van der Waals surface area contributed by atoms with Crippen molar-refractivity contribution in [2.75, 3.05) is 11.9 Å². The second-order valence-electron chi connectivity index (χ2n) is 7.35. The average Bonchev–Trinajstić information content (AvgIpc) is 3.48. The number of carbonyl (C=O) groups is 1. The summed E-state index contributed by atoms with van der Waals surface area (Å²) in [5.74, 6) is 0.726. The van der Waals surface area contributed by atoms with Crippen LogP contribution in [0.25, 0.3) is 11.1 Å². The number of hydrogen-bond acceptors (Lipinski definition) is 2. The molecule has 0 unspecified atom stereocenters. The van der Waals surface area contributed by atoms with Crippen LogP contribution >= 0.6 is 0 Å². The molecule has 1 fully saturated rings. The molecule has 0 radical (unpaired) electrons. The third kappa shape index (κ3) is 3.21. The maximum atomic E-state index is 12.7. The monoisotopic (exact) mass is 358 g/mol. The van der Waals surface area contributed by atoms with Crippen molar-refractivity contribution in [3.05, 3.63) is 72.1 Å². The van der Waals surface area contributed by atoms with Crippen LogP contribution in [0.4, 0.5) is 10.5 Å². The number of hydrogen-bond donors (Lipinski definition) is 1. The topological polar surface area (TPSA) is 50.2 Å². The van der Waals surface area contributed by atoms with E-state index in [-0.39, 0.29) is 6.03 Å². The molecule has 2 aromatic carbocycles. The Bertz CT molecular complexity index is 975. The van der Waals surface area contributed by atoms with Crippen LogP contribution in [0.1, 0.15) is 30.0 Å². The summed E-state index contributed by atoms with van der Waals surface area (Å²) >= 11 is 0. The molecule has 27 heavy (non-hydrogen) atoms. The Labute approximate surface area is 158 Å². The number of nitrogens with zero attached hydrogens (tertiary/aromatic N) is 3. The Kier molecular flexibility index (Phi) is 3.93. The molecule has 5 rings (SSSR count). The van der Waals surface area contributed by atoms with Crippen LogP contribution in [-0.4, -0.2) is 27.3 Å². The molecule has 5 nitrogen and oxygen atoms in total. The highest BCUT2D eigenvalue weighted by atomic mass is 16.2. The molecule has 0 bridgehead atoms. The molecule has 1 N–H and O–H groups in total. The summed E-state index contributed by atoms with van der Waals surface area (Å²) in [7, 11) is 0. The second-order valence-corrected chi connectivity index (χ2v) is 7.35. The summed E-state index contributed by atoms with van der Waals surface area (Å²) in [6.45, 7) is 1.95. The van der Waals surface area contributed by atoms with Crippen LogP contribution in [0.2, 0.25) is 0 Å². The molecule has 5 heteroatoms. The summed E-state index contributed by atoms with van der Waals surface area (Å²) in [4.78, 5) is 14.5. The van der Waals surface area contributed by atoms with Crippen LogP contribution in [-0.2, 0) is 13.1 Å². The van der Waals surface area contributed by atoms with E-state index in [1.807, 2.05) is 46.1 Å². The largest absolute Gasteiger partial charge is 0.322 e. The van der Waals surface area contributed by atoms with Gasteiger partial charge in [0.15, 0.2) is 0 Å². The van der Waals surface area contributed by atoms with Gasteiger partial charge >= 0.3 is 6.03 Å². The quantitative estimate of drug-likeness (QED) is 0.751. The lowest BCUT2D eigenvalue weighted by Crippen LogP contribution is -2.41. The third-order valence-corrected chi connectivity index (χ3v) is 5.43. The molecule has 2 aliphatic rings. The fourth-order valence-electron chi connectivity index (χ4n) is 3.76. The number of amides is 2. The van der Waals surface area contributed by atoms with Crippen molar-refractivity contribution in [2.24, 2.45) is 0 Å². The van der Waals surface area contributed by atoms with Gasteiger partial charge in [0.05, 0.1) is 25.0 Å². The number of urea groups is 1. The summed E-state index contributed by atoms with van der Waals surface area (Å²) < 4.78 is 2.03.